The molecule has 2 amide bonds. The fourth-order valence-electron chi connectivity index (χ4n) is 1.93. The number of primary amides is 1. The van der Waals surface area contributed by atoms with E-state index in [1.54, 1.807) is 0 Å². The second-order valence-electron chi connectivity index (χ2n) is 4.39. The zero-order valence-corrected chi connectivity index (χ0v) is 11.5. The summed E-state index contributed by atoms with van der Waals surface area (Å²) in [6.45, 7) is 0.662. The third-order valence-corrected chi connectivity index (χ3v) is 4.96. The molecule has 3 N–H and O–H groups in total. The van der Waals surface area contributed by atoms with Crippen LogP contribution in [-0.2, 0) is 14.8 Å². The summed E-state index contributed by atoms with van der Waals surface area (Å²) < 4.78 is 26.1. The number of carbonyl (C=O) groups is 2. The molecular weight excluding hydrogens is 282 g/mol. The number of carbonyl (C=O) groups excluding carboxylic acids is 2. The van der Waals surface area contributed by atoms with E-state index in [1.165, 1.54) is 28.6 Å². The summed E-state index contributed by atoms with van der Waals surface area (Å²) in [4.78, 5) is 22.3. The molecular formula is C12H15N3O4S. The van der Waals surface area contributed by atoms with Crippen LogP contribution in [0, 0.1) is 0 Å². The molecule has 0 atom stereocenters. The molecule has 1 fully saturated rings. The Bertz CT molecular complexity index is 625. The first kappa shape index (κ1) is 14.5. The van der Waals surface area contributed by atoms with Gasteiger partial charge in [0.05, 0.1) is 4.90 Å². The van der Waals surface area contributed by atoms with Crippen molar-refractivity contribution in [1.82, 2.24) is 9.62 Å². The van der Waals surface area contributed by atoms with E-state index < -0.39 is 15.9 Å². The molecule has 8 heteroatoms. The highest BCUT2D eigenvalue weighted by molar-refractivity contribution is 7.89. The third-order valence-electron chi connectivity index (χ3n) is 3.05. The van der Waals surface area contributed by atoms with Crippen molar-refractivity contribution in [2.45, 2.75) is 11.3 Å². The summed E-state index contributed by atoms with van der Waals surface area (Å²) in [7, 11) is -3.66. The number of rotatable bonds is 3. The predicted molar refractivity (Wildman–Crippen MR) is 71.3 cm³/mol. The van der Waals surface area contributed by atoms with Gasteiger partial charge in [-0.25, -0.2) is 8.42 Å². The molecule has 0 unspecified atom stereocenters. The normalized spacial score (nSPS) is 17.3. The van der Waals surface area contributed by atoms with Crippen LogP contribution in [0.25, 0.3) is 0 Å². The molecule has 0 spiro atoms. The van der Waals surface area contributed by atoms with Gasteiger partial charge in [-0.2, -0.15) is 4.31 Å². The lowest BCUT2D eigenvalue weighted by atomic mass is 10.2. The highest BCUT2D eigenvalue weighted by Crippen LogP contribution is 2.17. The topological polar surface area (TPSA) is 110 Å². The predicted octanol–water partition coefficient (Wildman–Crippen LogP) is -0.704. The first-order chi connectivity index (χ1) is 9.41. The number of hydrogen-bond acceptors (Lipinski definition) is 4. The van der Waals surface area contributed by atoms with E-state index in [0.717, 1.165) is 0 Å². The third kappa shape index (κ3) is 2.97. The molecule has 0 aliphatic carbocycles. The van der Waals surface area contributed by atoms with Crippen molar-refractivity contribution in [3.05, 3.63) is 29.8 Å². The minimum absolute atomic E-state index is 0.0804. The summed E-state index contributed by atoms with van der Waals surface area (Å²) in [5, 5.41) is 2.62. The molecule has 1 aliphatic heterocycles. The van der Waals surface area contributed by atoms with Crippen molar-refractivity contribution < 1.29 is 18.0 Å². The van der Waals surface area contributed by atoms with E-state index in [1.807, 2.05) is 0 Å². The minimum Gasteiger partial charge on any atom is -0.366 e. The lowest BCUT2D eigenvalue weighted by molar-refractivity contribution is -0.120. The molecule has 108 valence electrons. The van der Waals surface area contributed by atoms with Gasteiger partial charge in [0.25, 0.3) is 0 Å². The molecule has 7 nitrogen and oxygen atoms in total. The maximum absolute atomic E-state index is 12.4. The number of nitrogens with one attached hydrogen (secondary N) is 1. The second kappa shape index (κ2) is 5.59. The number of benzene rings is 1. The highest BCUT2D eigenvalue weighted by Gasteiger charge is 2.26. The fraction of sp³-hybridized carbons (Fsp3) is 0.333. The summed E-state index contributed by atoms with van der Waals surface area (Å²) in [5.41, 5.74) is 5.35. The van der Waals surface area contributed by atoms with Crippen LogP contribution in [0.1, 0.15) is 16.8 Å². The number of amides is 2. The minimum atomic E-state index is -3.66. The summed E-state index contributed by atoms with van der Waals surface area (Å²) >= 11 is 0. The summed E-state index contributed by atoms with van der Waals surface area (Å²) in [6.07, 6.45) is 0.137. The molecule has 0 radical (unpaired) electrons. The average Bonchev–Trinajstić information content (AvgIpc) is 2.64. The lowest BCUT2D eigenvalue weighted by Gasteiger charge is -2.19. The standard InChI is InChI=1S/C12H15N3O4S/c13-12(17)9-1-3-10(4-2-9)20(18,19)15-7-5-11(16)14-6-8-15/h1-4H,5-8H2,(H2,13,17)(H,14,16). The Kier molecular flexibility index (Phi) is 4.05. The van der Waals surface area contributed by atoms with E-state index in [2.05, 4.69) is 5.32 Å². The Hall–Kier alpha value is -1.93. The maximum Gasteiger partial charge on any atom is 0.248 e. The van der Waals surface area contributed by atoms with Crippen molar-refractivity contribution >= 4 is 21.8 Å². The fourth-order valence-corrected chi connectivity index (χ4v) is 3.37. The van der Waals surface area contributed by atoms with Crippen LogP contribution >= 0.6 is 0 Å². The van der Waals surface area contributed by atoms with E-state index in [-0.39, 0.29) is 42.4 Å². The highest BCUT2D eigenvalue weighted by atomic mass is 32.2. The van der Waals surface area contributed by atoms with Crippen LogP contribution in [0.5, 0.6) is 0 Å². The van der Waals surface area contributed by atoms with Gasteiger partial charge in [-0.05, 0) is 24.3 Å². The first-order valence-electron chi connectivity index (χ1n) is 6.08. The van der Waals surface area contributed by atoms with Crippen molar-refractivity contribution in [3.8, 4) is 0 Å². The van der Waals surface area contributed by atoms with E-state index in [0.29, 0.717) is 0 Å². The van der Waals surface area contributed by atoms with Crippen LogP contribution in [0.3, 0.4) is 0 Å². The van der Waals surface area contributed by atoms with E-state index >= 15 is 0 Å². The zero-order chi connectivity index (χ0) is 14.8. The molecule has 1 heterocycles. The number of nitrogens with two attached hydrogens (primary N) is 1. The van der Waals surface area contributed by atoms with Gasteiger partial charge in [-0.1, -0.05) is 0 Å². The second-order valence-corrected chi connectivity index (χ2v) is 6.33. The Labute approximate surface area is 116 Å². The van der Waals surface area contributed by atoms with Crippen molar-refractivity contribution in [2.24, 2.45) is 5.73 Å². The van der Waals surface area contributed by atoms with E-state index in [9.17, 15) is 18.0 Å². The number of hydrogen-bond donors (Lipinski definition) is 2. The van der Waals surface area contributed by atoms with Gasteiger partial charge in [-0.3, -0.25) is 9.59 Å². The Balaban J connectivity index is 2.25. The monoisotopic (exact) mass is 297 g/mol. The molecule has 2 rings (SSSR count). The molecule has 0 aromatic heterocycles. The molecule has 1 aromatic rings. The lowest BCUT2D eigenvalue weighted by Crippen LogP contribution is -2.34. The Morgan fingerprint density at radius 3 is 2.45 bits per heavy atom. The Morgan fingerprint density at radius 1 is 1.20 bits per heavy atom. The smallest absolute Gasteiger partial charge is 0.248 e. The van der Waals surface area contributed by atoms with Gasteiger partial charge in [0.15, 0.2) is 0 Å². The zero-order valence-electron chi connectivity index (χ0n) is 10.7. The van der Waals surface area contributed by atoms with Gasteiger partial charge >= 0.3 is 0 Å². The molecule has 1 aromatic carbocycles. The molecule has 1 aliphatic rings. The van der Waals surface area contributed by atoms with Crippen molar-refractivity contribution in [2.75, 3.05) is 19.6 Å². The van der Waals surface area contributed by atoms with Crippen molar-refractivity contribution in [1.29, 1.82) is 0 Å². The summed E-state index contributed by atoms with van der Waals surface area (Å²) in [6, 6.07) is 5.43. The SMILES string of the molecule is NC(=O)c1ccc(S(=O)(=O)N2CCNC(=O)CC2)cc1. The maximum atomic E-state index is 12.4. The quantitative estimate of drug-likeness (QED) is 0.768. The van der Waals surface area contributed by atoms with Crippen LogP contribution in [0.15, 0.2) is 29.2 Å². The number of sulfonamides is 1. The van der Waals surface area contributed by atoms with Gasteiger partial charge < -0.3 is 11.1 Å². The molecule has 0 saturated carbocycles. The van der Waals surface area contributed by atoms with Gasteiger partial charge in [0, 0.05) is 31.6 Å². The molecule has 20 heavy (non-hydrogen) atoms. The van der Waals surface area contributed by atoms with Crippen LogP contribution in [0.4, 0.5) is 0 Å². The number of nitrogens with zero attached hydrogens (tertiary/aromatic N) is 1. The largest absolute Gasteiger partial charge is 0.366 e. The average molecular weight is 297 g/mol. The first-order valence-corrected chi connectivity index (χ1v) is 7.52. The summed E-state index contributed by atoms with van der Waals surface area (Å²) in [5.74, 6) is -0.773. The van der Waals surface area contributed by atoms with Crippen LogP contribution < -0.4 is 11.1 Å². The molecule has 1 saturated heterocycles. The van der Waals surface area contributed by atoms with Crippen LogP contribution in [0.2, 0.25) is 0 Å². The molecule has 0 bridgehead atoms. The van der Waals surface area contributed by atoms with Gasteiger partial charge in [0.1, 0.15) is 0 Å². The van der Waals surface area contributed by atoms with E-state index in [4.69, 9.17) is 5.73 Å². The Morgan fingerprint density at radius 2 is 1.85 bits per heavy atom. The van der Waals surface area contributed by atoms with Gasteiger partial charge in [0.2, 0.25) is 21.8 Å². The van der Waals surface area contributed by atoms with Crippen LogP contribution in [-0.4, -0.2) is 44.2 Å². The van der Waals surface area contributed by atoms with Gasteiger partial charge in [-0.15, -0.1) is 0 Å². The van der Waals surface area contributed by atoms with Crippen molar-refractivity contribution in [3.63, 3.8) is 0 Å².